The molecule has 2 rings (SSSR count). The van der Waals surface area contributed by atoms with Crippen molar-refractivity contribution in [3.8, 4) is 6.07 Å². The molecule has 108 valence electrons. The SMILES string of the molecule is CN(Cc1cccc(C#N)c1)S(=O)(=O)c1cccc(Br)c1. The minimum Gasteiger partial charge on any atom is -0.207 e. The molecule has 0 bridgehead atoms. The van der Waals surface area contributed by atoms with Crippen LogP contribution in [0.4, 0.5) is 0 Å². The lowest BCUT2D eigenvalue weighted by Gasteiger charge is -2.17. The number of hydrogen-bond donors (Lipinski definition) is 0. The number of halogens is 1. The first-order valence-corrected chi connectivity index (χ1v) is 8.38. The Morgan fingerprint density at radius 3 is 2.57 bits per heavy atom. The van der Waals surface area contributed by atoms with Gasteiger partial charge in [0.1, 0.15) is 0 Å². The Morgan fingerprint density at radius 2 is 1.90 bits per heavy atom. The monoisotopic (exact) mass is 364 g/mol. The van der Waals surface area contributed by atoms with Gasteiger partial charge in [-0.25, -0.2) is 8.42 Å². The van der Waals surface area contributed by atoms with Crippen LogP contribution in [0.3, 0.4) is 0 Å². The first-order chi connectivity index (χ1) is 9.93. The standard InChI is InChI=1S/C15H13BrN2O2S/c1-18(11-13-5-2-4-12(8-13)10-17)21(19,20)15-7-3-6-14(16)9-15/h2-9H,11H2,1H3. The smallest absolute Gasteiger partial charge is 0.207 e. The van der Waals surface area contributed by atoms with Gasteiger partial charge >= 0.3 is 0 Å². The molecule has 0 amide bonds. The second-order valence-electron chi connectivity index (χ2n) is 4.53. The van der Waals surface area contributed by atoms with E-state index < -0.39 is 10.0 Å². The highest BCUT2D eigenvalue weighted by atomic mass is 79.9. The highest BCUT2D eigenvalue weighted by Crippen LogP contribution is 2.20. The van der Waals surface area contributed by atoms with Crippen LogP contribution in [0.2, 0.25) is 0 Å². The number of rotatable bonds is 4. The van der Waals surface area contributed by atoms with Crippen molar-refractivity contribution in [1.29, 1.82) is 5.26 Å². The van der Waals surface area contributed by atoms with Crippen LogP contribution in [0.5, 0.6) is 0 Å². The van der Waals surface area contributed by atoms with E-state index in [1.165, 1.54) is 11.4 Å². The number of nitrogens with zero attached hydrogens (tertiary/aromatic N) is 2. The van der Waals surface area contributed by atoms with E-state index in [0.717, 1.165) is 5.56 Å². The lowest BCUT2D eigenvalue weighted by Crippen LogP contribution is -2.26. The van der Waals surface area contributed by atoms with E-state index in [1.807, 2.05) is 6.07 Å². The average molecular weight is 365 g/mol. The quantitative estimate of drug-likeness (QED) is 0.836. The van der Waals surface area contributed by atoms with Crippen molar-refractivity contribution in [3.63, 3.8) is 0 Å². The molecule has 4 nitrogen and oxygen atoms in total. The highest BCUT2D eigenvalue weighted by Gasteiger charge is 2.21. The van der Waals surface area contributed by atoms with Gasteiger partial charge in [0.2, 0.25) is 10.0 Å². The maximum atomic E-state index is 12.5. The summed E-state index contributed by atoms with van der Waals surface area (Å²) in [5, 5.41) is 8.88. The van der Waals surface area contributed by atoms with Gasteiger partial charge in [0.15, 0.2) is 0 Å². The van der Waals surface area contributed by atoms with Gasteiger partial charge in [0.05, 0.1) is 16.5 Å². The third kappa shape index (κ3) is 3.70. The minimum absolute atomic E-state index is 0.213. The molecule has 21 heavy (non-hydrogen) atoms. The third-order valence-electron chi connectivity index (χ3n) is 2.97. The summed E-state index contributed by atoms with van der Waals surface area (Å²) in [7, 11) is -2.04. The lowest BCUT2D eigenvalue weighted by molar-refractivity contribution is 0.466. The summed E-state index contributed by atoms with van der Waals surface area (Å²) < 4.78 is 26.9. The van der Waals surface area contributed by atoms with Gasteiger partial charge in [-0.2, -0.15) is 9.57 Å². The zero-order chi connectivity index (χ0) is 15.5. The van der Waals surface area contributed by atoms with Crippen LogP contribution in [0, 0.1) is 11.3 Å². The van der Waals surface area contributed by atoms with Crippen LogP contribution >= 0.6 is 15.9 Å². The molecule has 0 radical (unpaired) electrons. The minimum atomic E-state index is -3.56. The molecule has 2 aromatic rings. The van der Waals surface area contributed by atoms with Crippen molar-refractivity contribution in [2.75, 3.05) is 7.05 Å². The number of sulfonamides is 1. The first kappa shape index (κ1) is 15.7. The maximum absolute atomic E-state index is 12.5. The topological polar surface area (TPSA) is 61.2 Å². The molecule has 0 atom stereocenters. The van der Waals surface area contributed by atoms with Crippen molar-refractivity contribution in [3.05, 3.63) is 64.1 Å². The van der Waals surface area contributed by atoms with Crippen LogP contribution in [0.1, 0.15) is 11.1 Å². The molecule has 0 fully saturated rings. The molecule has 6 heteroatoms. The Bertz CT molecular complexity index is 797. The van der Waals surface area contributed by atoms with Crippen LogP contribution < -0.4 is 0 Å². The van der Waals surface area contributed by atoms with Gasteiger partial charge in [-0.05, 0) is 35.9 Å². The molecule has 0 saturated carbocycles. The zero-order valence-corrected chi connectivity index (χ0v) is 13.7. The Balaban J connectivity index is 2.27. The predicted molar refractivity (Wildman–Crippen MR) is 84.0 cm³/mol. The fourth-order valence-corrected chi connectivity index (χ4v) is 3.64. The summed E-state index contributed by atoms with van der Waals surface area (Å²) in [4.78, 5) is 0.232. The summed E-state index contributed by atoms with van der Waals surface area (Å²) in [5.74, 6) is 0. The fraction of sp³-hybridized carbons (Fsp3) is 0.133. The second kappa shape index (κ2) is 6.39. The normalized spacial score (nSPS) is 11.3. The third-order valence-corrected chi connectivity index (χ3v) is 5.26. The Kier molecular flexibility index (Phi) is 4.78. The second-order valence-corrected chi connectivity index (χ2v) is 7.49. The fourth-order valence-electron chi connectivity index (χ4n) is 1.89. The molecule has 0 aromatic heterocycles. The largest absolute Gasteiger partial charge is 0.243 e. The number of nitriles is 1. The van der Waals surface area contributed by atoms with E-state index >= 15 is 0 Å². The number of hydrogen-bond acceptors (Lipinski definition) is 3. The van der Waals surface area contributed by atoms with Gasteiger partial charge in [-0.15, -0.1) is 0 Å². The molecule has 0 aliphatic heterocycles. The molecular formula is C15H13BrN2O2S. The summed E-state index contributed by atoms with van der Waals surface area (Å²) in [6, 6.07) is 15.5. The van der Waals surface area contributed by atoms with E-state index in [4.69, 9.17) is 5.26 Å². The molecule has 2 aromatic carbocycles. The van der Waals surface area contributed by atoms with Crippen LogP contribution in [0.15, 0.2) is 57.9 Å². The summed E-state index contributed by atoms with van der Waals surface area (Å²) >= 11 is 3.27. The Labute approximate surface area is 132 Å². The molecular weight excluding hydrogens is 352 g/mol. The van der Waals surface area contributed by atoms with Crippen molar-refractivity contribution in [2.24, 2.45) is 0 Å². The van der Waals surface area contributed by atoms with E-state index in [0.29, 0.717) is 10.0 Å². The van der Waals surface area contributed by atoms with Crippen molar-refractivity contribution in [1.82, 2.24) is 4.31 Å². The van der Waals surface area contributed by atoms with Gasteiger partial charge in [-0.3, -0.25) is 0 Å². The number of benzene rings is 2. The van der Waals surface area contributed by atoms with E-state index in [9.17, 15) is 8.42 Å². The summed E-state index contributed by atoms with van der Waals surface area (Å²) in [6.07, 6.45) is 0. The van der Waals surface area contributed by atoms with Crippen LogP contribution in [-0.4, -0.2) is 19.8 Å². The van der Waals surface area contributed by atoms with Crippen molar-refractivity contribution < 1.29 is 8.42 Å². The van der Waals surface area contributed by atoms with E-state index in [1.54, 1.807) is 48.5 Å². The molecule has 0 N–H and O–H groups in total. The molecule has 0 saturated heterocycles. The maximum Gasteiger partial charge on any atom is 0.243 e. The molecule has 0 aliphatic carbocycles. The van der Waals surface area contributed by atoms with Gasteiger partial charge in [-0.1, -0.05) is 34.1 Å². The molecule has 0 unspecified atom stereocenters. The molecule has 0 aliphatic rings. The van der Waals surface area contributed by atoms with Gasteiger partial charge in [0.25, 0.3) is 0 Å². The molecule has 0 spiro atoms. The van der Waals surface area contributed by atoms with Crippen molar-refractivity contribution in [2.45, 2.75) is 11.4 Å². The first-order valence-electron chi connectivity index (χ1n) is 6.14. The summed E-state index contributed by atoms with van der Waals surface area (Å²) in [6.45, 7) is 0.213. The van der Waals surface area contributed by atoms with E-state index in [2.05, 4.69) is 15.9 Å². The van der Waals surface area contributed by atoms with Gasteiger partial charge in [0, 0.05) is 18.1 Å². The van der Waals surface area contributed by atoms with E-state index in [-0.39, 0.29) is 11.4 Å². The van der Waals surface area contributed by atoms with Crippen LogP contribution in [-0.2, 0) is 16.6 Å². The zero-order valence-electron chi connectivity index (χ0n) is 11.3. The van der Waals surface area contributed by atoms with Crippen LogP contribution in [0.25, 0.3) is 0 Å². The Hall–Kier alpha value is -1.68. The predicted octanol–water partition coefficient (Wildman–Crippen LogP) is 3.14. The average Bonchev–Trinajstić information content (AvgIpc) is 2.47. The molecule has 0 heterocycles. The van der Waals surface area contributed by atoms with Gasteiger partial charge < -0.3 is 0 Å². The Morgan fingerprint density at radius 1 is 1.19 bits per heavy atom. The van der Waals surface area contributed by atoms with Crippen molar-refractivity contribution >= 4 is 26.0 Å². The summed E-state index contributed by atoms with van der Waals surface area (Å²) in [5.41, 5.74) is 1.29. The lowest BCUT2D eigenvalue weighted by atomic mass is 10.1. The highest BCUT2D eigenvalue weighted by molar-refractivity contribution is 9.10.